The summed E-state index contributed by atoms with van der Waals surface area (Å²) in [6.45, 7) is 0.404. The zero-order valence-corrected chi connectivity index (χ0v) is 20.9. The Morgan fingerprint density at radius 2 is 1.59 bits per heavy atom. The molecule has 2 amide bonds. The maximum atomic E-state index is 13.0. The van der Waals surface area contributed by atoms with E-state index in [1.165, 1.54) is 31.2 Å². The van der Waals surface area contributed by atoms with Crippen LogP contribution in [0.3, 0.4) is 0 Å². The van der Waals surface area contributed by atoms with Crippen LogP contribution in [0.5, 0.6) is 5.75 Å². The highest BCUT2D eigenvalue weighted by Gasteiger charge is 2.31. The molecular weight excluding hydrogens is 519 g/mol. The Labute approximate surface area is 222 Å². The molecule has 208 valence electrons. The fraction of sp³-hybridized carbons (Fsp3) is 0.259. The molecular formula is C27H28F3N3O6. The van der Waals surface area contributed by atoms with Crippen LogP contribution in [0, 0.1) is 0 Å². The van der Waals surface area contributed by atoms with E-state index in [4.69, 9.17) is 10.5 Å². The molecule has 0 heterocycles. The van der Waals surface area contributed by atoms with Crippen LogP contribution in [0.25, 0.3) is 0 Å². The molecule has 3 aromatic carbocycles. The number of carbonyl (C=O) groups excluding carboxylic acids is 2. The molecule has 0 aromatic heterocycles. The van der Waals surface area contributed by atoms with E-state index < -0.39 is 49.5 Å². The number of benzene rings is 3. The molecule has 9 nitrogen and oxygen atoms in total. The second kappa shape index (κ2) is 13.0. The van der Waals surface area contributed by atoms with Crippen LogP contribution in [-0.2, 0) is 4.74 Å². The first kappa shape index (κ1) is 29.3. The van der Waals surface area contributed by atoms with Crippen molar-refractivity contribution in [1.82, 2.24) is 4.90 Å². The van der Waals surface area contributed by atoms with E-state index in [9.17, 15) is 33.0 Å². The quantitative estimate of drug-likeness (QED) is 0.272. The molecule has 0 fully saturated rings. The van der Waals surface area contributed by atoms with Gasteiger partial charge in [-0.1, -0.05) is 36.4 Å². The second-order valence-corrected chi connectivity index (χ2v) is 8.42. The summed E-state index contributed by atoms with van der Waals surface area (Å²) in [4.78, 5) is 26.7. The standard InChI is InChI=1S/C27H28F3N3O6/c1-17(18-10-12-21(13-11-18)39-27(28,29)30)38-26(37)33(14-15-34)24(16-35)19-6-8-20(9-7-19)25(36)32-23-5-3-2-4-22(23)31/h2-13,17,24,34-35H,14-16,31H2,1H3,(H,32,36)/t17-,24+/m0/s1. The number of carbonyl (C=O) groups is 2. The molecule has 0 radical (unpaired) electrons. The van der Waals surface area contributed by atoms with Gasteiger partial charge in [0.05, 0.1) is 30.6 Å². The number of rotatable bonds is 10. The first-order valence-electron chi connectivity index (χ1n) is 11.8. The number of para-hydroxylation sites is 2. The Bertz CT molecular complexity index is 1250. The minimum absolute atomic E-state index is 0.176. The van der Waals surface area contributed by atoms with Gasteiger partial charge in [-0.05, 0) is 54.4 Å². The summed E-state index contributed by atoms with van der Waals surface area (Å²) in [6, 6.07) is 16.9. The fourth-order valence-corrected chi connectivity index (χ4v) is 3.76. The van der Waals surface area contributed by atoms with Gasteiger partial charge in [-0.15, -0.1) is 13.2 Å². The summed E-state index contributed by atoms with van der Waals surface area (Å²) in [6.07, 6.45) is -6.57. The molecule has 0 spiro atoms. The summed E-state index contributed by atoms with van der Waals surface area (Å²) >= 11 is 0. The lowest BCUT2D eigenvalue weighted by Gasteiger charge is -2.31. The van der Waals surface area contributed by atoms with Crippen LogP contribution >= 0.6 is 0 Å². The van der Waals surface area contributed by atoms with Gasteiger partial charge in [0.25, 0.3) is 5.91 Å². The number of nitrogens with zero attached hydrogens (tertiary/aromatic N) is 1. The highest BCUT2D eigenvalue weighted by atomic mass is 19.4. The molecule has 2 atom stereocenters. The highest BCUT2D eigenvalue weighted by Crippen LogP contribution is 2.28. The van der Waals surface area contributed by atoms with Crippen molar-refractivity contribution in [2.45, 2.75) is 25.4 Å². The number of anilines is 2. The van der Waals surface area contributed by atoms with Crippen molar-refractivity contribution in [3.8, 4) is 5.75 Å². The number of hydrogen-bond donors (Lipinski definition) is 4. The lowest BCUT2D eigenvalue weighted by Crippen LogP contribution is -2.39. The van der Waals surface area contributed by atoms with Crippen molar-refractivity contribution in [2.75, 3.05) is 30.8 Å². The normalized spacial score (nSPS) is 12.8. The largest absolute Gasteiger partial charge is 0.573 e. The van der Waals surface area contributed by atoms with E-state index >= 15 is 0 Å². The van der Waals surface area contributed by atoms with Gasteiger partial charge in [-0.3, -0.25) is 9.69 Å². The highest BCUT2D eigenvalue weighted by molar-refractivity contribution is 6.05. The van der Waals surface area contributed by atoms with E-state index in [1.807, 2.05) is 0 Å². The van der Waals surface area contributed by atoms with E-state index in [0.29, 0.717) is 28.1 Å². The molecule has 0 bridgehead atoms. The molecule has 0 aliphatic rings. The Kier molecular flexibility index (Phi) is 9.74. The summed E-state index contributed by atoms with van der Waals surface area (Å²) in [7, 11) is 0. The number of hydrogen-bond acceptors (Lipinski definition) is 7. The minimum atomic E-state index is -4.83. The van der Waals surface area contributed by atoms with E-state index in [1.54, 1.807) is 36.4 Å². The number of amides is 2. The number of aliphatic hydroxyl groups excluding tert-OH is 2. The van der Waals surface area contributed by atoms with Crippen LogP contribution in [0.1, 0.15) is 40.6 Å². The molecule has 0 aliphatic heterocycles. The van der Waals surface area contributed by atoms with Gasteiger partial charge in [0, 0.05) is 12.1 Å². The maximum Gasteiger partial charge on any atom is 0.573 e. The molecule has 0 unspecified atom stereocenters. The number of ether oxygens (including phenoxy) is 2. The van der Waals surface area contributed by atoms with Crippen molar-refractivity contribution < 1.29 is 42.4 Å². The Balaban J connectivity index is 1.70. The predicted molar refractivity (Wildman–Crippen MR) is 137 cm³/mol. The van der Waals surface area contributed by atoms with Gasteiger partial charge in [0.15, 0.2) is 0 Å². The predicted octanol–water partition coefficient (Wildman–Crippen LogP) is 4.65. The average molecular weight is 548 g/mol. The molecule has 0 saturated heterocycles. The topological polar surface area (TPSA) is 134 Å². The van der Waals surface area contributed by atoms with Crippen molar-refractivity contribution in [3.05, 3.63) is 89.5 Å². The summed E-state index contributed by atoms with van der Waals surface area (Å²) in [5.41, 5.74) is 7.89. The first-order chi connectivity index (χ1) is 18.5. The molecule has 3 rings (SSSR count). The van der Waals surface area contributed by atoms with Crippen LogP contribution < -0.4 is 15.8 Å². The third-order valence-electron chi connectivity index (χ3n) is 5.75. The minimum Gasteiger partial charge on any atom is -0.441 e. The van der Waals surface area contributed by atoms with Crippen molar-refractivity contribution in [2.24, 2.45) is 0 Å². The molecule has 12 heteroatoms. The van der Waals surface area contributed by atoms with Crippen LogP contribution in [0.4, 0.5) is 29.3 Å². The number of nitrogens with two attached hydrogens (primary N) is 1. The zero-order valence-electron chi connectivity index (χ0n) is 20.9. The summed E-state index contributed by atoms with van der Waals surface area (Å²) in [5.74, 6) is -0.830. The molecule has 3 aromatic rings. The van der Waals surface area contributed by atoms with E-state index in [0.717, 1.165) is 17.0 Å². The molecule has 39 heavy (non-hydrogen) atoms. The zero-order chi connectivity index (χ0) is 28.6. The Hall–Kier alpha value is -4.29. The lowest BCUT2D eigenvalue weighted by atomic mass is 10.0. The number of halogens is 3. The van der Waals surface area contributed by atoms with E-state index in [2.05, 4.69) is 10.1 Å². The van der Waals surface area contributed by atoms with Crippen LogP contribution in [0.15, 0.2) is 72.8 Å². The molecule has 5 N–H and O–H groups in total. The second-order valence-electron chi connectivity index (χ2n) is 8.42. The van der Waals surface area contributed by atoms with Gasteiger partial charge in [-0.2, -0.15) is 0 Å². The smallest absolute Gasteiger partial charge is 0.441 e. The monoisotopic (exact) mass is 547 g/mol. The van der Waals surface area contributed by atoms with Crippen molar-refractivity contribution >= 4 is 23.4 Å². The number of alkyl halides is 3. The molecule has 0 saturated carbocycles. The molecule has 0 aliphatic carbocycles. The first-order valence-corrected chi connectivity index (χ1v) is 11.8. The van der Waals surface area contributed by atoms with E-state index in [-0.39, 0.29) is 6.54 Å². The van der Waals surface area contributed by atoms with Gasteiger partial charge in [0.1, 0.15) is 11.9 Å². The van der Waals surface area contributed by atoms with Gasteiger partial charge in [0.2, 0.25) is 0 Å². The van der Waals surface area contributed by atoms with Gasteiger partial charge >= 0.3 is 12.5 Å². The van der Waals surface area contributed by atoms with Crippen LogP contribution in [-0.4, -0.2) is 53.2 Å². The van der Waals surface area contributed by atoms with Gasteiger partial charge < -0.3 is 30.7 Å². The fourth-order valence-electron chi connectivity index (χ4n) is 3.76. The summed E-state index contributed by atoms with van der Waals surface area (Å²) in [5, 5.41) is 22.3. The number of aliphatic hydroxyl groups is 2. The number of nitrogens with one attached hydrogen (secondary N) is 1. The average Bonchev–Trinajstić information content (AvgIpc) is 2.89. The van der Waals surface area contributed by atoms with Crippen molar-refractivity contribution in [3.63, 3.8) is 0 Å². The summed E-state index contributed by atoms with van der Waals surface area (Å²) < 4.78 is 46.5. The van der Waals surface area contributed by atoms with Crippen LogP contribution in [0.2, 0.25) is 0 Å². The van der Waals surface area contributed by atoms with Gasteiger partial charge in [-0.25, -0.2) is 4.79 Å². The Morgan fingerprint density at radius 1 is 0.974 bits per heavy atom. The van der Waals surface area contributed by atoms with Crippen molar-refractivity contribution in [1.29, 1.82) is 0 Å². The SMILES string of the molecule is C[C@H](OC(=O)N(CCO)[C@H](CO)c1ccc(C(=O)Nc2ccccc2N)cc1)c1ccc(OC(F)(F)F)cc1. The third kappa shape index (κ3) is 8.09. The lowest BCUT2D eigenvalue weighted by molar-refractivity contribution is -0.274. The maximum absolute atomic E-state index is 13.0. The number of nitrogen functional groups attached to an aromatic ring is 1. The third-order valence-corrected chi connectivity index (χ3v) is 5.75. The Morgan fingerprint density at radius 3 is 2.15 bits per heavy atom.